The van der Waals surface area contributed by atoms with Crippen LogP contribution in [0.5, 0.6) is 5.75 Å². The lowest BCUT2D eigenvalue weighted by Gasteiger charge is -2.18. The number of rotatable bonds is 7. The van der Waals surface area contributed by atoms with E-state index in [-0.39, 0.29) is 23.9 Å². The van der Waals surface area contributed by atoms with Gasteiger partial charge in [-0.25, -0.2) is 4.98 Å². The van der Waals surface area contributed by atoms with Gasteiger partial charge in [0, 0.05) is 19.3 Å². The molecular weight excluding hydrogens is 380 g/mol. The first-order chi connectivity index (χ1) is 13.1. The number of carbonyl (C=O) groups excluding carboxylic acids is 1. The summed E-state index contributed by atoms with van der Waals surface area (Å²) < 4.78 is 6.59. The Labute approximate surface area is 169 Å². The first kappa shape index (κ1) is 21.7. The lowest BCUT2D eigenvalue weighted by atomic mass is 10.2. The number of likely N-dealkylation sites (N-methyl/N-ethyl adjacent to an activating group) is 1. The lowest BCUT2D eigenvalue weighted by Crippen LogP contribution is -2.35. The van der Waals surface area contributed by atoms with Crippen LogP contribution in [0.1, 0.15) is 24.2 Å². The van der Waals surface area contributed by atoms with Gasteiger partial charge in [0.25, 0.3) is 11.5 Å². The molecule has 2 aromatic heterocycles. The van der Waals surface area contributed by atoms with Gasteiger partial charge in [0.1, 0.15) is 11.4 Å². The monoisotopic (exact) mass is 404 g/mol. The number of nitrogens with one attached hydrogen (secondary N) is 1. The quantitative estimate of drug-likeness (QED) is 0.612. The Morgan fingerprint density at radius 2 is 1.96 bits per heavy atom. The number of aromatic nitrogens is 2. The third-order valence-corrected chi connectivity index (χ3v) is 4.69. The Balaban J connectivity index is 0.00000280. The molecule has 0 bridgehead atoms. The van der Waals surface area contributed by atoms with Crippen molar-refractivity contribution in [2.24, 2.45) is 0 Å². The van der Waals surface area contributed by atoms with Gasteiger partial charge in [0.2, 0.25) is 0 Å². The van der Waals surface area contributed by atoms with E-state index in [1.54, 1.807) is 37.4 Å². The molecule has 0 unspecified atom stereocenters. The molecule has 1 N–H and O–H groups in total. The number of amides is 1. The molecule has 0 spiro atoms. The highest BCUT2D eigenvalue weighted by atomic mass is 35.5. The highest BCUT2D eigenvalue weighted by Gasteiger charge is 2.11. The van der Waals surface area contributed by atoms with Crippen LogP contribution in [0.25, 0.3) is 16.6 Å². The number of benzene rings is 1. The normalized spacial score (nSPS) is 10.9. The maximum absolute atomic E-state index is 12.8. The SMILES string of the molecule is CCN(CC)CCNC(=O)c1ccc2nc3ccc(OC)cc3c(=O)n2c1.Cl. The summed E-state index contributed by atoms with van der Waals surface area (Å²) >= 11 is 0. The Morgan fingerprint density at radius 1 is 1.21 bits per heavy atom. The summed E-state index contributed by atoms with van der Waals surface area (Å²) in [7, 11) is 1.55. The van der Waals surface area contributed by atoms with Crippen molar-refractivity contribution in [1.82, 2.24) is 19.6 Å². The summed E-state index contributed by atoms with van der Waals surface area (Å²) in [5, 5.41) is 3.35. The van der Waals surface area contributed by atoms with Crippen LogP contribution in [0, 0.1) is 0 Å². The summed E-state index contributed by atoms with van der Waals surface area (Å²) in [6, 6.07) is 8.55. The number of carbonyl (C=O) groups is 1. The number of halogens is 1. The van der Waals surface area contributed by atoms with E-state index in [4.69, 9.17) is 4.74 Å². The lowest BCUT2D eigenvalue weighted by molar-refractivity contribution is 0.0948. The molecule has 150 valence electrons. The maximum atomic E-state index is 12.8. The van der Waals surface area contributed by atoms with Gasteiger partial charge in [-0.15, -0.1) is 12.4 Å². The fourth-order valence-corrected chi connectivity index (χ4v) is 3.01. The fourth-order valence-electron chi connectivity index (χ4n) is 3.01. The highest BCUT2D eigenvalue weighted by molar-refractivity contribution is 5.94. The molecular formula is C20H25ClN4O3. The molecule has 28 heavy (non-hydrogen) atoms. The molecule has 3 aromatic rings. The van der Waals surface area contributed by atoms with Crippen molar-refractivity contribution in [3.05, 3.63) is 52.4 Å². The van der Waals surface area contributed by atoms with Crippen LogP contribution in [0.15, 0.2) is 41.3 Å². The van der Waals surface area contributed by atoms with E-state index in [1.165, 1.54) is 10.6 Å². The van der Waals surface area contributed by atoms with Crippen molar-refractivity contribution in [3.63, 3.8) is 0 Å². The van der Waals surface area contributed by atoms with Gasteiger partial charge < -0.3 is 15.0 Å². The van der Waals surface area contributed by atoms with Gasteiger partial charge in [0.15, 0.2) is 0 Å². The summed E-state index contributed by atoms with van der Waals surface area (Å²) in [6.07, 6.45) is 1.54. The largest absolute Gasteiger partial charge is 0.497 e. The molecule has 0 aliphatic rings. The zero-order chi connectivity index (χ0) is 19.4. The second-order valence-corrected chi connectivity index (χ2v) is 6.23. The van der Waals surface area contributed by atoms with Crippen LogP contribution in [0.3, 0.4) is 0 Å². The van der Waals surface area contributed by atoms with Crippen molar-refractivity contribution < 1.29 is 9.53 Å². The predicted octanol–water partition coefficient (Wildman–Crippen LogP) is 2.35. The summed E-state index contributed by atoms with van der Waals surface area (Å²) in [5.74, 6) is 0.383. The first-order valence-corrected chi connectivity index (χ1v) is 9.08. The number of hydrogen-bond acceptors (Lipinski definition) is 5. The molecule has 0 aliphatic carbocycles. The molecule has 0 fully saturated rings. The Morgan fingerprint density at radius 3 is 2.64 bits per heavy atom. The van der Waals surface area contributed by atoms with Gasteiger partial charge >= 0.3 is 0 Å². The van der Waals surface area contributed by atoms with E-state index in [0.29, 0.717) is 34.4 Å². The van der Waals surface area contributed by atoms with Crippen LogP contribution in [-0.2, 0) is 0 Å². The van der Waals surface area contributed by atoms with Crippen molar-refractivity contribution in [2.75, 3.05) is 33.3 Å². The van der Waals surface area contributed by atoms with E-state index < -0.39 is 0 Å². The summed E-state index contributed by atoms with van der Waals surface area (Å²) in [6.45, 7) is 7.42. The minimum atomic E-state index is -0.230. The molecule has 0 aliphatic heterocycles. The second-order valence-electron chi connectivity index (χ2n) is 6.23. The summed E-state index contributed by atoms with van der Waals surface area (Å²) in [5.41, 5.74) is 1.29. The second kappa shape index (κ2) is 9.52. The topological polar surface area (TPSA) is 75.9 Å². The fraction of sp³-hybridized carbons (Fsp3) is 0.350. The van der Waals surface area contributed by atoms with Gasteiger partial charge in [-0.05, 0) is 43.4 Å². The Hall–Kier alpha value is -2.64. The van der Waals surface area contributed by atoms with Crippen molar-refractivity contribution in [3.8, 4) is 5.75 Å². The molecule has 0 atom stereocenters. The zero-order valence-corrected chi connectivity index (χ0v) is 17.1. The van der Waals surface area contributed by atoms with Crippen LogP contribution in [-0.4, -0.2) is 53.5 Å². The average molecular weight is 405 g/mol. The standard InChI is InChI=1S/C20H24N4O3.ClH/c1-4-23(5-2)11-10-21-19(25)14-6-9-18-22-17-8-7-15(27-3)12-16(17)20(26)24(18)13-14;/h6-9,12-13H,4-5,10-11H2,1-3H3,(H,21,25);1H. The van der Waals surface area contributed by atoms with Crippen LogP contribution >= 0.6 is 12.4 Å². The van der Waals surface area contributed by atoms with Crippen LogP contribution in [0.2, 0.25) is 0 Å². The minimum Gasteiger partial charge on any atom is -0.497 e. The van der Waals surface area contributed by atoms with Crippen molar-refractivity contribution in [2.45, 2.75) is 13.8 Å². The molecule has 1 amide bonds. The third-order valence-electron chi connectivity index (χ3n) is 4.69. The van der Waals surface area contributed by atoms with Gasteiger partial charge in [0.05, 0.1) is 23.6 Å². The van der Waals surface area contributed by atoms with Crippen molar-refractivity contribution in [1.29, 1.82) is 0 Å². The maximum Gasteiger partial charge on any atom is 0.265 e. The smallest absolute Gasteiger partial charge is 0.265 e. The van der Waals surface area contributed by atoms with E-state index in [0.717, 1.165) is 19.6 Å². The predicted molar refractivity (Wildman–Crippen MR) is 113 cm³/mol. The van der Waals surface area contributed by atoms with Gasteiger partial charge in [-0.3, -0.25) is 14.0 Å². The van der Waals surface area contributed by atoms with Crippen LogP contribution in [0.4, 0.5) is 0 Å². The number of fused-ring (bicyclic) bond motifs is 2. The number of nitrogens with zero attached hydrogens (tertiary/aromatic N) is 3. The molecule has 7 nitrogen and oxygen atoms in total. The van der Waals surface area contributed by atoms with E-state index in [9.17, 15) is 9.59 Å². The van der Waals surface area contributed by atoms with Gasteiger partial charge in [-0.2, -0.15) is 0 Å². The minimum absolute atomic E-state index is 0. The van der Waals surface area contributed by atoms with E-state index in [2.05, 4.69) is 29.0 Å². The van der Waals surface area contributed by atoms with Crippen molar-refractivity contribution >= 4 is 34.9 Å². The molecule has 0 saturated heterocycles. The van der Waals surface area contributed by atoms with E-state index >= 15 is 0 Å². The highest BCUT2D eigenvalue weighted by Crippen LogP contribution is 2.17. The zero-order valence-electron chi connectivity index (χ0n) is 16.3. The van der Waals surface area contributed by atoms with Crippen LogP contribution < -0.4 is 15.6 Å². The van der Waals surface area contributed by atoms with E-state index in [1.807, 2.05) is 0 Å². The third kappa shape index (κ3) is 4.43. The number of ether oxygens (including phenoxy) is 1. The molecule has 2 heterocycles. The average Bonchev–Trinajstić information content (AvgIpc) is 2.71. The number of hydrogen-bond donors (Lipinski definition) is 1. The Bertz CT molecular complexity index is 1030. The number of methoxy groups -OCH3 is 1. The Kier molecular flexibility index (Phi) is 7.37. The molecule has 0 saturated carbocycles. The number of pyridine rings is 1. The summed E-state index contributed by atoms with van der Waals surface area (Å²) in [4.78, 5) is 32.0. The van der Waals surface area contributed by atoms with Gasteiger partial charge in [-0.1, -0.05) is 13.8 Å². The molecule has 1 aromatic carbocycles. The molecule has 8 heteroatoms. The molecule has 0 radical (unpaired) electrons. The molecule has 3 rings (SSSR count). The first-order valence-electron chi connectivity index (χ1n) is 9.08.